The van der Waals surface area contributed by atoms with Crippen LogP contribution in [0.1, 0.15) is 64.4 Å². The van der Waals surface area contributed by atoms with Crippen molar-refractivity contribution in [3.05, 3.63) is 48.0 Å². The number of fused-ring (bicyclic) bond motifs is 2. The molecule has 2 heterocycles. The maximum atomic E-state index is 13.4. The normalized spacial score (nSPS) is 16.7. The Bertz CT molecular complexity index is 1050. The van der Waals surface area contributed by atoms with E-state index in [9.17, 15) is 9.59 Å². The number of rotatable bonds is 5. The largest absolute Gasteiger partial charge is 0.486 e. The van der Waals surface area contributed by atoms with Crippen LogP contribution in [0.3, 0.4) is 0 Å². The lowest BCUT2D eigenvalue weighted by atomic mass is 10.1. The first-order chi connectivity index (χ1) is 18.0. The molecule has 0 radical (unpaired) electrons. The number of carbonyl (C=O) groups is 2. The van der Waals surface area contributed by atoms with Crippen LogP contribution in [-0.2, 0) is 16.1 Å². The molecule has 2 aromatic carbocycles. The lowest BCUT2D eigenvalue weighted by Crippen LogP contribution is -2.37. The van der Waals surface area contributed by atoms with Gasteiger partial charge < -0.3 is 24.0 Å². The van der Waals surface area contributed by atoms with Crippen molar-refractivity contribution in [2.45, 2.75) is 65.3 Å². The summed E-state index contributed by atoms with van der Waals surface area (Å²) < 4.78 is 17.1. The Labute approximate surface area is 220 Å². The number of para-hydroxylation sites is 1. The van der Waals surface area contributed by atoms with Crippen molar-refractivity contribution in [1.82, 2.24) is 4.90 Å². The Balaban J connectivity index is 1.51. The van der Waals surface area contributed by atoms with E-state index in [1.807, 2.05) is 40.1 Å². The Morgan fingerprint density at radius 3 is 2.35 bits per heavy atom. The highest BCUT2D eigenvalue weighted by molar-refractivity contribution is 5.94. The van der Waals surface area contributed by atoms with E-state index in [-0.39, 0.29) is 18.4 Å². The van der Waals surface area contributed by atoms with Crippen molar-refractivity contribution in [1.29, 1.82) is 0 Å². The first kappa shape index (κ1) is 26.8. The third kappa shape index (κ3) is 7.63. The van der Waals surface area contributed by atoms with Gasteiger partial charge in [0.25, 0.3) is 5.91 Å². The van der Waals surface area contributed by atoms with Crippen LogP contribution in [-0.4, -0.2) is 49.6 Å². The van der Waals surface area contributed by atoms with Gasteiger partial charge in [-0.05, 0) is 42.5 Å². The Morgan fingerprint density at radius 1 is 0.865 bits per heavy atom. The van der Waals surface area contributed by atoms with Gasteiger partial charge in [-0.15, -0.1) is 0 Å². The summed E-state index contributed by atoms with van der Waals surface area (Å²) in [6, 6.07) is 13.4. The van der Waals surface area contributed by atoms with Gasteiger partial charge in [0.2, 0.25) is 5.91 Å². The molecule has 0 saturated carbocycles. The number of amides is 2. The molecule has 0 spiro atoms. The van der Waals surface area contributed by atoms with E-state index in [0.717, 1.165) is 49.8 Å². The standard InChI is InChI=1S/C30H40N2O5/c1-23(2)19-29(33)32-16-10-6-4-3-5-9-15-31(21-24-11-7-8-12-26(24)32)30(34)22-37-25-13-14-27-28(20-25)36-18-17-35-27/h7-8,11-14,20,23H,3-6,9-10,15-19,21-22H2,1-2H3. The minimum absolute atomic E-state index is 0.0577. The molecule has 37 heavy (non-hydrogen) atoms. The second kappa shape index (κ2) is 13.4. The average molecular weight is 509 g/mol. The number of carbonyl (C=O) groups excluding carboxylic acids is 2. The van der Waals surface area contributed by atoms with E-state index < -0.39 is 0 Å². The molecule has 7 nitrogen and oxygen atoms in total. The van der Waals surface area contributed by atoms with Gasteiger partial charge in [0.1, 0.15) is 19.0 Å². The highest BCUT2D eigenvalue weighted by atomic mass is 16.6. The van der Waals surface area contributed by atoms with Crippen LogP contribution in [0.2, 0.25) is 0 Å². The summed E-state index contributed by atoms with van der Waals surface area (Å²) in [4.78, 5) is 30.4. The SMILES string of the molecule is CC(C)CC(=O)N1CCCCCCCCN(C(=O)COc2ccc3c(c2)OCCO3)Cc2ccccc21. The quantitative estimate of drug-likeness (QED) is 0.526. The molecule has 0 atom stereocenters. The fourth-order valence-electron chi connectivity index (χ4n) is 4.87. The van der Waals surface area contributed by atoms with Gasteiger partial charge in [0.05, 0.1) is 0 Å². The molecule has 2 aliphatic heterocycles. The first-order valence-electron chi connectivity index (χ1n) is 13.7. The van der Waals surface area contributed by atoms with Gasteiger partial charge in [0, 0.05) is 37.8 Å². The van der Waals surface area contributed by atoms with Crippen LogP contribution in [0.5, 0.6) is 17.2 Å². The molecule has 2 aliphatic rings. The van der Waals surface area contributed by atoms with Gasteiger partial charge in [0.15, 0.2) is 18.1 Å². The predicted molar refractivity (Wildman–Crippen MR) is 144 cm³/mol. The van der Waals surface area contributed by atoms with Crippen LogP contribution >= 0.6 is 0 Å². The number of ether oxygens (including phenoxy) is 3. The monoisotopic (exact) mass is 508 g/mol. The molecule has 4 rings (SSSR count). The molecule has 0 aliphatic carbocycles. The minimum atomic E-state index is -0.0698. The Morgan fingerprint density at radius 2 is 1.57 bits per heavy atom. The van der Waals surface area contributed by atoms with Crippen molar-refractivity contribution in [2.24, 2.45) is 5.92 Å². The fraction of sp³-hybridized carbons (Fsp3) is 0.533. The van der Waals surface area contributed by atoms with Crippen molar-refractivity contribution in [3.8, 4) is 17.2 Å². The zero-order valence-electron chi connectivity index (χ0n) is 22.2. The van der Waals surface area contributed by atoms with E-state index >= 15 is 0 Å². The van der Waals surface area contributed by atoms with Gasteiger partial charge in [-0.25, -0.2) is 0 Å². The molecule has 0 saturated heterocycles. The smallest absolute Gasteiger partial charge is 0.260 e. The van der Waals surface area contributed by atoms with Crippen LogP contribution < -0.4 is 19.1 Å². The zero-order chi connectivity index (χ0) is 26.0. The molecule has 2 amide bonds. The summed E-state index contributed by atoms with van der Waals surface area (Å²) in [5, 5.41) is 0. The minimum Gasteiger partial charge on any atom is -0.486 e. The summed E-state index contributed by atoms with van der Waals surface area (Å²) in [6.45, 7) is 6.95. The molecule has 200 valence electrons. The predicted octanol–water partition coefficient (Wildman–Crippen LogP) is 5.60. The van der Waals surface area contributed by atoms with E-state index in [2.05, 4.69) is 13.8 Å². The lowest BCUT2D eigenvalue weighted by Gasteiger charge is -2.29. The maximum absolute atomic E-state index is 13.4. The van der Waals surface area contributed by atoms with Crippen LogP contribution in [0.4, 0.5) is 5.69 Å². The maximum Gasteiger partial charge on any atom is 0.260 e. The highest BCUT2D eigenvalue weighted by Gasteiger charge is 2.23. The second-order valence-electron chi connectivity index (χ2n) is 10.3. The number of hydrogen-bond donors (Lipinski definition) is 0. The second-order valence-corrected chi connectivity index (χ2v) is 10.3. The molecular formula is C30H40N2O5. The molecule has 7 heteroatoms. The molecular weight excluding hydrogens is 468 g/mol. The number of benzene rings is 2. The third-order valence-corrected chi connectivity index (χ3v) is 6.82. The fourth-order valence-corrected chi connectivity index (χ4v) is 4.87. The number of hydrogen-bond acceptors (Lipinski definition) is 5. The van der Waals surface area contributed by atoms with Crippen molar-refractivity contribution < 1.29 is 23.8 Å². The van der Waals surface area contributed by atoms with Crippen molar-refractivity contribution >= 4 is 17.5 Å². The van der Waals surface area contributed by atoms with Gasteiger partial charge in [-0.1, -0.05) is 57.7 Å². The van der Waals surface area contributed by atoms with Gasteiger partial charge >= 0.3 is 0 Å². The number of anilines is 1. The Kier molecular flexibility index (Phi) is 9.69. The Hall–Kier alpha value is -3.22. The highest BCUT2D eigenvalue weighted by Crippen LogP contribution is 2.33. The summed E-state index contributed by atoms with van der Waals surface area (Å²) in [5.41, 5.74) is 1.91. The van der Waals surface area contributed by atoms with E-state index in [0.29, 0.717) is 62.4 Å². The van der Waals surface area contributed by atoms with Gasteiger partial charge in [-0.2, -0.15) is 0 Å². The van der Waals surface area contributed by atoms with E-state index in [1.165, 1.54) is 0 Å². The summed E-state index contributed by atoms with van der Waals surface area (Å²) in [6.07, 6.45) is 6.94. The van der Waals surface area contributed by atoms with Crippen molar-refractivity contribution in [3.63, 3.8) is 0 Å². The summed E-state index contributed by atoms with van der Waals surface area (Å²) in [7, 11) is 0. The molecule has 2 aromatic rings. The number of nitrogens with zero attached hydrogens (tertiary/aromatic N) is 2. The lowest BCUT2D eigenvalue weighted by molar-refractivity contribution is -0.134. The van der Waals surface area contributed by atoms with Crippen molar-refractivity contribution in [2.75, 3.05) is 37.8 Å². The average Bonchev–Trinajstić information content (AvgIpc) is 2.91. The van der Waals surface area contributed by atoms with Crippen LogP contribution in [0, 0.1) is 5.92 Å². The van der Waals surface area contributed by atoms with E-state index in [1.54, 1.807) is 12.1 Å². The summed E-state index contributed by atoms with van der Waals surface area (Å²) >= 11 is 0. The molecule has 0 N–H and O–H groups in total. The topological polar surface area (TPSA) is 68.3 Å². The molecule has 0 fully saturated rings. The first-order valence-corrected chi connectivity index (χ1v) is 13.7. The summed E-state index contributed by atoms with van der Waals surface area (Å²) in [5.74, 6) is 2.28. The van der Waals surface area contributed by atoms with Crippen LogP contribution in [0.15, 0.2) is 42.5 Å². The molecule has 0 unspecified atom stereocenters. The van der Waals surface area contributed by atoms with Crippen LogP contribution in [0.25, 0.3) is 0 Å². The molecule has 0 bridgehead atoms. The molecule has 0 aromatic heterocycles. The van der Waals surface area contributed by atoms with E-state index in [4.69, 9.17) is 14.2 Å². The zero-order valence-corrected chi connectivity index (χ0v) is 22.2. The van der Waals surface area contributed by atoms with Gasteiger partial charge in [-0.3, -0.25) is 9.59 Å². The third-order valence-electron chi connectivity index (χ3n) is 6.82.